The van der Waals surface area contributed by atoms with E-state index in [1.807, 2.05) is 24.4 Å². The topological polar surface area (TPSA) is 99.2 Å². The number of benzene rings is 1. The van der Waals surface area contributed by atoms with Crippen LogP contribution in [-0.2, 0) is 11.3 Å². The molecule has 0 bridgehead atoms. The van der Waals surface area contributed by atoms with Crippen LogP contribution in [0.4, 0.5) is 11.4 Å². The Hall–Kier alpha value is -3.13. The van der Waals surface area contributed by atoms with Crippen LogP contribution in [0.3, 0.4) is 0 Å². The molecule has 0 fully saturated rings. The number of nitrogens with two attached hydrogens (primary N) is 1. The molecule has 0 aliphatic heterocycles. The van der Waals surface area contributed by atoms with E-state index in [2.05, 4.69) is 10.4 Å². The number of carbonyl (C=O) groups excluding carboxylic acids is 1. The first kappa shape index (κ1) is 17.7. The fourth-order valence-corrected chi connectivity index (χ4v) is 3.06. The maximum atomic E-state index is 12.3. The number of rotatable bonds is 6. The van der Waals surface area contributed by atoms with Gasteiger partial charge >= 0.3 is 0 Å². The van der Waals surface area contributed by atoms with E-state index in [0.29, 0.717) is 23.7 Å². The van der Waals surface area contributed by atoms with Gasteiger partial charge in [-0.2, -0.15) is 5.10 Å². The van der Waals surface area contributed by atoms with Crippen molar-refractivity contribution in [3.63, 3.8) is 0 Å². The molecule has 2 aromatic heterocycles. The number of amides is 1. The Morgan fingerprint density at radius 1 is 1.31 bits per heavy atom. The molecular formula is C18H18N4O3S. The molecule has 3 rings (SSSR count). The second-order valence-electron chi connectivity index (χ2n) is 5.43. The molecule has 1 amide bonds. The van der Waals surface area contributed by atoms with Crippen LogP contribution in [0.1, 0.15) is 6.92 Å². The molecule has 3 N–H and O–H groups in total. The summed E-state index contributed by atoms with van der Waals surface area (Å²) in [6.45, 7) is 2.18. The van der Waals surface area contributed by atoms with Gasteiger partial charge in [-0.3, -0.25) is 9.59 Å². The molecule has 0 spiro atoms. The highest BCUT2D eigenvalue weighted by molar-refractivity contribution is 7.13. The van der Waals surface area contributed by atoms with Gasteiger partial charge in [0.25, 0.3) is 5.56 Å². The smallest absolute Gasteiger partial charge is 0.290 e. The number of aromatic nitrogens is 2. The molecule has 0 radical (unpaired) electrons. The van der Waals surface area contributed by atoms with Gasteiger partial charge in [0.2, 0.25) is 5.91 Å². The van der Waals surface area contributed by atoms with Crippen LogP contribution < -0.4 is 21.3 Å². The highest BCUT2D eigenvalue weighted by Crippen LogP contribution is 2.22. The number of anilines is 2. The van der Waals surface area contributed by atoms with Crippen LogP contribution in [0.25, 0.3) is 10.6 Å². The van der Waals surface area contributed by atoms with Crippen LogP contribution in [0.2, 0.25) is 0 Å². The average Bonchev–Trinajstić information content (AvgIpc) is 3.14. The molecule has 0 unspecified atom stereocenters. The Labute approximate surface area is 154 Å². The molecule has 1 aromatic carbocycles. The van der Waals surface area contributed by atoms with Crippen molar-refractivity contribution >= 4 is 28.6 Å². The Balaban J connectivity index is 1.79. The molecule has 0 aliphatic rings. The Morgan fingerprint density at radius 2 is 2.15 bits per heavy atom. The van der Waals surface area contributed by atoms with E-state index in [0.717, 1.165) is 9.56 Å². The number of nitrogens with zero attached hydrogens (tertiary/aromatic N) is 2. The van der Waals surface area contributed by atoms with Gasteiger partial charge in [-0.05, 0) is 36.6 Å². The van der Waals surface area contributed by atoms with Gasteiger partial charge in [-0.1, -0.05) is 12.1 Å². The minimum atomic E-state index is -0.497. The lowest BCUT2D eigenvalue weighted by atomic mass is 10.3. The lowest BCUT2D eigenvalue weighted by Crippen LogP contribution is -2.31. The molecule has 2 heterocycles. The van der Waals surface area contributed by atoms with E-state index < -0.39 is 5.56 Å². The van der Waals surface area contributed by atoms with E-state index in [9.17, 15) is 9.59 Å². The van der Waals surface area contributed by atoms with Crippen molar-refractivity contribution in [1.29, 1.82) is 0 Å². The van der Waals surface area contributed by atoms with Crippen molar-refractivity contribution in [3.05, 3.63) is 58.2 Å². The first-order valence-corrected chi connectivity index (χ1v) is 8.89. The Bertz CT molecular complexity index is 967. The van der Waals surface area contributed by atoms with Gasteiger partial charge in [-0.15, -0.1) is 11.3 Å². The molecule has 26 heavy (non-hydrogen) atoms. The second kappa shape index (κ2) is 7.83. The minimum absolute atomic E-state index is 0.0505. The van der Waals surface area contributed by atoms with Crippen LogP contribution in [0, 0.1) is 0 Å². The molecule has 3 aromatic rings. The lowest BCUT2D eigenvalue weighted by Gasteiger charge is -2.10. The maximum Gasteiger partial charge on any atom is 0.290 e. The lowest BCUT2D eigenvalue weighted by molar-refractivity contribution is -0.117. The van der Waals surface area contributed by atoms with Crippen molar-refractivity contribution in [2.45, 2.75) is 13.5 Å². The molecule has 0 aliphatic carbocycles. The van der Waals surface area contributed by atoms with Gasteiger partial charge < -0.3 is 15.8 Å². The minimum Gasteiger partial charge on any atom is -0.494 e. The Kier molecular flexibility index (Phi) is 5.33. The van der Waals surface area contributed by atoms with E-state index in [-0.39, 0.29) is 18.1 Å². The van der Waals surface area contributed by atoms with Crippen molar-refractivity contribution in [3.8, 4) is 16.3 Å². The highest BCUT2D eigenvalue weighted by Gasteiger charge is 2.12. The van der Waals surface area contributed by atoms with Gasteiger partial charge in [-0.25, -0.2) is 4.68 Å². The molecular weight excluding hydrogens is 352 g/mol. The summed E-state index contributed by atoms with van der Waals surface area (Å²) in [5.74, 6) is 0.278. The predicted octanol–water partition coefficient (Wildman–Crippen LogP) is 2.59. The van der Waals surface area contributed by atoms with Crippen molar-refractivity contribution in [2.24, 2.45) is 0 Å². The standard InChI is InChI=1S/C18H18N4O3S/c1-2-25-13-6-3-5-12(9-13)20-17(23)11-22-18(24)14(19)10-15(21-22)16-7-4-8-26-16/h3-10H,2,11,19H2,1H3,(H,20,23). The summed E-state index contributed by atoms with van der Waals surface area (Å²) in [5, 5.41) is 8.89. The molecule has 7 nitrogen and oxygen atoms in total. The number of hydrogen-bond donors (Lipinski definition) is 2. The molecule has 8 heteroatoms. The van der Waals surface area contributed by atoms with Crippen LogP contribution in [-0.4, -0.2) is 22.3 Å². The quantitative estimate of drug-likeness (QED) is 0.695. The van der Waals surface area contributed by atoms with E-state index in [1.54, 1.807) is 24.3 Å². The third-order valence-corrected chi connectivity index (χ3v) is 4.39. The summed E-state index contributed by atoms with van der Waals surface area (Å²) in [6, 6.07) is 12.3. The zero-order valence-corrected chi connectivity index (χ0v) is 15.0. The summed E-state index contributed by atoms with van der Waals surface area (Å²) in [4.78, 5) is 25.4. The largest absolute Gasteiger partial charge is 0.494 e. The van der Waals surface area contributed by atoms with Crippen molar-refractivity contribution < 1.29 is 9.53 Å². The van der Waals surface area contributed by atoms with Crippen LogP contribution >= 0.6 is 11.3 Å². The zero-order valence-electron chi connectivity index (χ0n) is 14.1. The summed E-state index contributed by atoms with van der Waals surface area (Å²) in [5.41, 5.74) is 6.48. The molecule has 0 saturated carbocycles. The maximum absolute atomic E-state index is 12.3. The number of carbonyl (C=O) groups is 1. The number of nitrogens with one attached hydrogen (secondary N) is 1. The van der Waals surface area contributed by atoms with Crippen LogP contribution in [0.5, 0.6) is 5.75 Å². The molecule has 0 atom stereocenters. The summed E-state index contributed by atoms with van der Waals surface area (Å²) < 4.78 is 6.48. The number of ether oxygens (including phenoxy) is 1. The average molecular weight is 370 g/mol. The molecule has 134 valence electrons. The third-order valence-electron chi connectivity index (χ3n) is 3.50. The van der Waals surface area contributed by atoms with Gasteiger partial charge in [0.1, 0.15) is 23.7 Å². The SMILES string of the molecule is CCOc1cccc(NC(=O)Cn2nc(-c3cccs3)cc(N)c2=O)c1. The third kappa shape index (κ3) is 4.09. The number of hydrogen-bond acceptors (Lipinski definition) is 6. The fraction of sp³-hybridized carbons (Fsp3) is 0.167. The first-order chi connectivity index (χ1) is 12.6. The van der Waals surface area contributed by atoms with E-state index in [1.165, 1.54) is 17.4 Å². The second-order valence-corrected chi connectivity index (χ2v) is 6.38. The van der Waals surface area contributed by atoms with Crippen LogP contribution in [0.15, 0.2) is 52.6 Å². The predicted molar refractivity (Wildman–Crippen MR) is 102 cm³/mol. The van der Waals surface area contributed by atoms with E-state index >= 15 is 0 Å². The van der Waals surface area contributed by atoms with Gasteiger partial charge in [0.05, 0.1) is 11.5 Å². The summed E-state index contributed by atoms with van der Waals surface area (Å²) in [7, 11) is 0. The van der Waals surface area contributed by atoms with Gasteiger partial charge in [0, 0.05) is 11.8 Å². The van der Waals surface area contributed by atoms with Gasteiger partial charge in [0.15, 0.2) is 0 Å². The first-order valence-electron chi connectivity index (χ1n) is 8.01. The highest BCUT2D eigenvalue weighted by atomic mass is 32.1. The van der Waals surface area contributed by atoms with Crippen molar-refractivity contribution in [1.82, 2.24) is 9.78 Å². The zero-order chi connectivity index (χ0) is 18.5. The molecule has 0 saturated heterocycles. The Morgan fingerprint density at radius 3 is 2.88 bits per heavy atom. The monoisotopic (exact) mass is 370 g/mol. The van der Waals surface area contributed by atoms with E-state index in [4.69, 9.17) is 10.5 Å². The summed E-state index contributed by atoms with van der Waals surface area (Å²) >= 11 is 1.48. The van der Waals surface area contributed by atoms with Crippen molar-refractivity contribution in [2.75, 3.05) is 17.7 Å². The normalized spacial score (nSPS) is 10.5. The fourth-order valence-electron chi connectivity index (χ4n) is 2.38. The number of nitrogen functional groups attached to an aromatic ring is 1. The summed E-state index contributed by atoms with van der Waals surface area (Å²) in [6.07, 6.45) is 0. The number of thiophene rings is 1.